The van der Waals surface area contributed by atoms with Crippen molar-refractivity contribution in [3.63, 3.8) is 0 Å². The molecule has 0 saturated heterocycles. The fourth-order valence-electron chi connectivity index (χ4n) is 4.33. The van der Waals surface area contributed by atoms with Gasteiger partial charge in [0.05, 0.1) is 17.4 Å². The Morgan fingerprint density at radius 3 is 2.70 bits per heavy atom. The molecule has 7 heteroatoms. The molecule has 7 nitrogen and oxygen atoms in total. The van der Waals surface area contributed by atoms with E-state index in [1.165, 1.54) is 0 Å². The van der Waals surface area contributed by atoms with E-state index in [1.807, 2.05) is 38.1 Å². The van der Waals surface area contributed by atoms with Crippen LogP contribution in [-0.4, -0.2) is 26.0 Å². The standard InChI is InChI=1S/C23H27N5O2/c1-5-27-21(8-9-25-27)26-18-11-15(6-7-16(18)22(24)30)28-14(2)10-17-19(28)12-23(3,4)13-20(17)29/h6-11,26H,5,12-13H2,1-4H3,(H2,24,30). The third-order valence-corrected chi connectivity index (χ3v) is 5.68. The van der Waals surface area contributed by atoms with E-state index in [-0.39, 0.29) is 11.2 Å². The molecular weight excluding hydrogens is 378 g/mol. The highest BCUT2D eigenvalue weighted by atomic mass is 16.1. The monoisotopic (exact) mass is 405 g/mol. The number of rotatable bonds is 5. The van der Waals surface area contributed by atoms with Crippen LogP contribution < -0.4 is 11.1 Å². The van der Waals surface area contributed by atoms with Gasteiger partial charge in [0.25, 0.3) is 5.91 Å². The van der Waals surface area contributed by atoms with Crippen LogP contribution in [0.4, 0.5) is 11.5 Å². The summed E-state index contributed by atoms with van der Waals surface area (Å²) in [5.41, 5.74) is 10.2. The van der Waals surface area contributed by atoms with Crippen molar-refractivity contribution < 1.29 is 9.59 Å². The van der Waals surface area contributed by atoms with Gasteiger partial charge in [0.15, 0.2) is 5.78 Å². The zero-order valence-electron chi connectivity index (χ0n) is 17.8. The van der Waals surface area contributed by atoms with Crippen LogP contribution in [0.1, 0.15) is 59.3 Å². The van der Waals surface area contributed by atoms with Crippen molar-refractivity contribution in [2.24, 2.45) is 11.1 Å². The van der Waals surface area contributed by atoms with Gasteiger partial charge in [-0.3, -0.25) is 9.59 Å². The summed E-state index contributed by atoms with van der Waals surface area (Å²) in [6, 6.07) is 9.33. The second kappa shape index (κ2) is 7.16. The zero-order valence-corrected chi connectivity index (χ0v) is 17.8. The lowest BCUT2D eigenvalue weighted by molar-refractivity contribution is 0.0910. The first-order chi connectivity index (χ1) is 14.2. The molecule has 1 aliphatic rings. The molecule has 2 aromatic heterocycles. The fourth-order valence-corrected chi connectivity index (χ4v) is 4.33. The van der Waals surface area contributed by atoms with E-state index in [9.17, 15) is 9.59 Å². The lowest BCUT2D eigenvalue weighted by Gasteiger charge is -2.30. The smallest absolute Gasteiger partial charge is 0.250 e. The molecule has 0 spiro atoms. The van der Waals surface area contributed by atoms with Crippen molar-refractivity contribution >= 4 is 23.2 Å². The lowest BCUT2D eigenvalue weighted by Crippen LogP contribution is -2.27. The molecule has 0 bridgehead atoms. The Kier molecular flexibility index (Phi) is 4.76. The van der Waals surface area contributed by atoms with Gasteiger partial charge in [-0.05, 0) is 49.9 Å². The summed E-state index contributed by atoms with van der Waals surface area (Å²) >= 11 is 0. The van der Waals surface area contributed by atoms with Crippen LogP contribution in [0.15, 0.2) is 36.5 Å². The molecule has 1 amide bonds. The Morgan fingerprint density at radius 2 is 2.00 bits per heavy atom. The zero-order chi connectivity index (χ0) is 21.6. The Hall–Kier alpha value is -3.35. The van der Waals surface area contributed by atoms with Gasteiger partial charge in [0, 0.05) is 41.7 Å². The van der Waals surface area contributed by atoms with E-state index in [1.54, 1.807) is 16.9 Å². The van der Waals surface area contributed by atoms with E-state index >= 15 is 0 Å². The molecule has 0 atom stereocenters. The topological polar surface area (TPSA) is 94.9 Å². The first-order valence-corrected chi connectivity index (χ1v) is 10.2. The normalized spacial score (nSPS) is 15.1. The van der Waals surface area contributed by atoms with Crippen molar-refractivity contribution in [3.05, 3.63) is 59.0 Å². The average molecular weight is 406 g/mol. The van der Waals surface area contributed by atoms with Gasteiger partial charge in [0.2, 0.25) is 0 Å². The summed E-state index contributed by atoms with van der Waals surface area (Å²) < 4.78 is 3.92. The van der Waals surface area contributed by atoms with E-state index in [0.29, 0.717) is 24.2 Å². The molecule has 3 N–H and O–H groups in total. The first kappa shape index (κ1) is 19.9. The van der Waals surface area contributed by atoms with Gasteiger partial charge < -0.3 is 15.6 Å². The minimum atomic E-state index is -0.505. The van der Waals surface area contributed by atoms with Crippen LogP contribution in [0.5, 0.6) is 0 Å². The third-order valence-electron chi connectivity index (χ3n) is 5.68. The molecule has 30 heavy (non-hydrogen) atoms. The number of nitrogens with zero attached hydrogens (tertiary/aromatic N) is 3. The van der Waals surface area contributed by atoms with E-state index in [0.717, 1.165) is 34.9 Å². The molecule has 0 fully saturated rings. The van der Waals surface area contributed by atoms with Crippen molar-refractivity contribution in [3.8, 4) is 5.69 Å². The quantitative estimate of drug-likeness (QED) is 0.671. The van der Waals surface area contributed by atoms with Crippen molar-refractivity contribution in [2.45, 2.75) is 47.1 Å². The highest BCUT2D eigenvalue weighted by molar-refractivity contribution is 6.00. The third kappa shape index (κ3) is 3.40. The number of carbonyl (C=O) groups is 2. The fraction of sp³-hybridized carbons (Fsp3) is 0.348. The average Bonchev–Trinajstić information content (AvgIpc) is 3.24. The van der Waals surface area contributed by atoms with Gasteiger partial charge in [-0.1, -0.05) is 13.8 Å². The molecule has 1 aromatic carbocycles. The van der Waals surface area contributed by atoms with Crippen molar-refractivity contribution in [2.75, 3.05) is 5.32 Å². The molecule has 0 saturated carbocycles. The van der Waals surface area contributed by atoms with Gasteiger partial charge >= 0.3 is 0 Å². The number of ketones is 1. The number of benzene rings is 1. The maximum atomic E-state index is 12.7. The van der Waals surface area contributed by atoms with E-state index in [4.69, 9.17) is 5.73 Å². The van der Waals surface area contributed by atoms with Crippen molar-refractivity contribution in [1.29, 1.82) is 0 Å². The molecule has 3 aromatic rings. The predicted octanol–water partition coefficient (Wildman–Crippen LogP) is 4.00. The second-order valence-electron chi connectivity index (χ2n) is 8.67. The highest BCUT2D eigenvalue weighted by Crippen LogP contribution is 2.38. The number of nitrogens with one attached hydrogen (secondary N) is 1. The Balaban J connectivity index is 1.84. The number of hydrogen-bond acceptors (Lipinski definition) is 4. The predicted molar refractivity (Wildman–Crippen MR) is 117 cm³/mol. The number of fused-ring (bicyclic) bond motifs is 1. The maximum absolute atomic E-state index is 12.7. The van der Waals surface area contributed by atoms with Crippen LogP contribution in [0.3, 0.4) is 0 Å². The van der Waals surface area contributed by atoms with Crippen LogP contribution in [0.2, 0.25) is 0 Å². The number of Topliss-reactive ketones (excluding diaryl/α,β-unsaturated/α-hetero) is 1. The molecule has 0 aliphatic heterocycles. The number of aromatic nitrogens is 3. The maximum Gasteiger partial charge on any atom is 0.250 e. The summed E-state index contributed by atoms with van der Waals surface area (Å²) in [6.07, 6.45) is 3.07. The van der Waals surface area contributed by atoms with Crippen LogP contribution >= 0.6 is 0 Å². The van der Waals surface area contributed by atoms with Crippen LogP contribution in [0, 0.1) is 12.3 Å². The molecule has 1 aliphatic carbocycles. The number of aryl methyl sites for hydroxylation is 2. The van der Waals surface area contributed by atoms with Gasteiger partial charge in [-0.2, -0.15) is 5.10 Å². The number of nitrogens with two attached hydrogens (primary N) is 1. The number of carbonyl (C=O) groups excluding carboxylic acids is 2. The number of anilines is 2. The number of amides is 1. The SMILES string of the molecule is CCn1nccc1Nc1cc(-n2c(C)cc3c2CC(C)(C)CC3=O)ccc1C(N)=O. The molecule has 156 valence electrons. The van der Waals surface area contributed by atoms with Gasteiger partial charge in [-0.25, -0.2) is 4.68 Å². The molecule has 4 rings (SSSR count). The molecule has 0 unspecified atom stereocenters. The Morgan fingerprint density at radius 1 is 1.23 bits per heavy atom. The van der Waals surface area contributed by atoms with Crippen LogP contribution in [0.25, 0.3) is 5.69 Å². The second-order valence-corrected chi connectivity index (χ2v) is 8.67. The summed E-state index contributed by atoms with van der Waals surface area (Å²) in [4.78, 5) is 24.7. The molecule has 0 radical (unpaired) electrons. The van der Waals surface area contributed by atoms with Gasteiger partial charge in [0.1, 0.15) is 5.82 Å². The Labute approximate surface area is 175 Å². The van der Waals surface area contributed by atoms with Crippen molar-refractivity contribution in [1.82, 2.24) is 14.3 Å². The Bertz CT molecular complexity index is 1150. The minimum absolute atomic E-state index is 0.0888. The largest absolute Gasteiger partial charge is 0.366 e. The molecular formula is C23H27N5O2. The minimum Gasteiger partial charge on any atom is -0.366 e. The summed E-state index contributed by atoms with van der Waals surface area (Å²) in [5, 5.41) is 7.57. The van der Waals surface area contributed by atoms with Gasteiger partial charge in [-0.15, -0.1) is 0 Å². The van der Waals surface area contributed by atoms with E-state index in [2.05, 4.69) is 28.8 Å². The van der Waals surface area contributed by atoms with Crippen LogP contribution in [-0.2, 0) is 13.0 Å². The highest BCUT2D eigenvalue weighted by Gasteiger charge is 2.34. The number of hydrogen-bond donors (Lipinski definition) is 2. The molecule has 2 heterocycles. The summed E-state index contributed by atoms with van der Waals surface area (Å²) in [6.45, 7) is 8.94. The number of primary amides is 1. The summed E-state index contributed by atoms with van der Waals surface area (Å²) in [5.74, 6) is 0.455. The first-order valence-electron chi connectivity index (χ1n) is 10.2. The lowest BCUT2D eigenvalue weighted by atomic mass is 9.76. The summed E-state index contributed by atoms with van der Waals surface area (Å²) in [7, 11) is 0. The van der Waals surface area contributed by atoms with E-state index < -0.39 is 5.91 Å².